The summed E-state index contributed by atoms with van der Waals surface area (Å²) in [5.41, 5.74) is 1.30. The van der Waals surface area contributed by atoms with Crippen LogP contribution in [-0.4, -0.2) is 58.0 Å². The summed E-state index contributed by atoms with van der Waals surface area (Å²) in [7, 11) is 1.85. The van der Waals surface area contributed by atoms with E-state index in [-0.39, 0.29) is 17.8 Å². The number of likely N-dealkylation sites (tertiary alicyclic amines) is 1. The molecule has 0 aliphatic carbocycles. The van der Waals surface area contributed by atoms with Crippen LogP contribution in [0.25, 0.3) is 21.5 Å². The van der Waals surface area contributed by atoms with Crippen LogP contribution in [0.15, 0.2) is 48.8 Å². The molecule has 0 saturated carbocycles. The minimum atomic E-state index is -4.47. The van der Waals surface area contributed by atoms with Crippen LogP contribution in [0.1, 0.15) is 39.2 Å². The number of fused-ring (bicyclic) bond motifs is 1. The largest absolute Gasteiger partial charge is 0.437 e. The minimum Gasteiger partial charge on any atom is -0.437 e. The van der Waals surface area contributed by atoms with Gasteiger partial charge < -0.3 is 19.9 Å². The summed E-state index contributed by atoms with van der Waals surface area (Å²) in [6, 6.07) is 11.3. The maximum Gasteiger partial charge on any atom is 0.416 e. The Hall–Kier alpha value is -3.77. The minimum absolute atomic E-state index is 0.0878. The zero-order valence-electron chi connectivity index (χ0n) is 23.2. The predicted molar refractivity (Wildman–Crippen MR) is 155 cm³/mol. The number of para-hydroxylation sites is 1. The van der Waals surface area contributed by atoms with Crippen molar-refractivity contribution in [1.29, 1.82) is 0 Å². The van der Waals surface area contributed by atoms with Crippen LogP contribution >= 0.6 is 11.3 Å². The Morgan fingerprint density at radius 1 is 1.15 bits per heavy atom. The van der Waals surface area contributed by atoms with E-state index >= 15 is 0 Å². The fraction of sp³-hybridized carbons (Fsp3) is 0.379. The van der Waals surface area contributed by atoms with Crippen molar-refractivity contribution in [3.63, 3.8) is 0 Å². The Morgan fingerprint density at radius 2 is 1.90 bits per heavy atom. The first-order valence-corrected chi connectivity index (χ1v) is 14.2. The van der Waals surface area contributed by atoms with E-state index in [1.165, 1.54) is 36.7 Å². The normalized spacial score (nSPS) is 14.9. The molecule has 0 atom stereocenters. The third kappa shape index (κ3) is 6.43. The Kier molecular flexibility index (Phi) is 8.14. The van der Waals surface area contributed by atoms with E-state index in [0.717, 1.165) is 36.7 Å². The topological polar surface area (TPSA) is 83.5 Å². The molecule has 41 heavy (non-hydrogen) atoms. The molecule has 3 heterocycles. The summed E-state index contributed by atoms with van der Waals surface area (Å²) in [6.07, 6.45) is -1.45. The van der Waals surface area contributed by atoms with Gasteiger partial charge in [0.1, 0.15) is 11.8 Å². The summed E-state index contributed by atoms with van der Waals surface area (Å²) in [4.78, 5) is 28.9. The Bertz CT molecular complexity index is 1550. The van der Waals surface area contributed by atoms with Gasteiger partial charge in [-0.2, -0.15) is 13.2 Å². The summed E-state index contributed by atoms with van der Waals surface area (Å²) in [6.45, 7) is 7.49. The number of ether oxygens (including phenoxy) is 1. The van der Waals surface area contributed by atoms with Gasteiger partial charge in [0.05, 0.1) is 16.0 Å². The highest BCUT2D eigenvalue weighted by molar-refractivity contribution is 7.22. The molecule has 12 heteroatoms. The quantitative estimate of drug-likeness (QED) is 0.255. The first kappa shape index (κ1) is 28.7. The lowest BCUT2D eigenvalue weighted by molar-refractivity contribution is -0.137. The third-order valence-electron chi connectivity index (χ3n) is 7.28. The monoisotopic (exact) mass is 584 g/mol. The number of anilines is 2. The molecule has 216 valence electrons. The Morgan fingerprint density at radius 3 is 2.59 bits per heavy atom. The molecule has 5 rings (SSSR count). The summed E-state index contributed by atoms with van der Waals surface area (Å²) < 4.78 is 48.2. The molecular formula is C29H31F3N6O2S. The van der Waals surface area contributed by atoms with Crippen LogP contribution in [0.4, 0.5) is 24.0 Å². The first-order valence-electron chi connectivity index (χ1n) is 13.3. The van der Waals surface area contributed by atoms with Crippen LogP contribution in [0.5, 0.6) is 11.6 Å². The average molecular weight is 585 g/mol. The van der Waals surface area contributed by atoms with E-state index < -0.39 is 11.7 Å². The molecule has 0 unspecified atom stereocenters. The molecule has 1 saturated heterocycles. The zero-order valence-corrected chi connectivity index (χ0v) is 24.0. The van der Waals surface area contributed by atoms with Crippen molar-refractivity contribution in [1.82, 2.24) is 19.9 Å². The Balaban J connectivity index is 1.47. The molecule has 2 aromatic heterocycles. The number of halogens is 3. The molecule has 1 aliphatic heterocycles. The highest BCUT2D eigenvalue weighted by Gasteiger charge is 2.33. The fourth-order valence-electron chi connectivity index (χ4n) is 5.07. The van der Waals surface area contributed by atoms with Crippen molar-refractivity contribution in [2.75, 3.05) is 30.4 Å². The van der Waals surface area contributed by atoms with Crippen molar-refractivity contribution in [3.05, 3.63) is 54.4 Å². The van der Waals surface area contributed by atoms with Crippen molar-refractivity contribution < 1.29 is 22.7 Å². The summed E-state index contributed by atoms with van der Waals surface area (Å²) in [5, 5.41) is 3.13. The number of rotatable bonds is 7. The lowest BCUT2D eigenvalue weighted by Gasteiger charge is -2.40. The molecule has 0 spiro atoms. The second-order valence-electron chi connectivity index (χ2n) is 10.3. The van der Waals surface area contributed by atoms with Crippen molar-refractivity contribution in [2.45, 2.75) is 51.9 Å². The molecule has 2 aromatic carbocycles. The average Bonchev–Trinajstić information content (AvgIpc) is 3.35. The number of alkyl halides is 3. The van der Waals surface area contributed by atoms with Gasteiger partial charge in [-0.05, 0) is 51.0 Å². The van der Waals surface area contributed by atoms with Crippen molar-refractivity contribution in [3.8, 4) is 22.9 Å². The third-order valence-corrected chi connectivity index (χ3v) is 8.22. The van der Waals surface area contributed by atoms with Crippen LogP contribution < -0.4 is 15.0 Å². The maximum absolute atomic E-state index is 13.8. The number of amides is 1. The lowest BCUT2D eigenvalue weighted by atomic mass is 9.98. The number of hydrogen-bond donors (Lipinski definition) is 1. The van der Waals surface area contributed by atoms with Gasteiger partial charge in [-0.1, -0.05) is 23.5 Å². The molecule has 1 amide bonds. The van der Waals surface area contributed by atoms with E-state index in [2.05, 4.69) is 39.0 Å². The number of piperidine rings is 1. The maximum atomic E-state index is 13.8. The second kappa shape index (κ2) is 11.6. The molecule has 4 aromatic rings. The molecular weight excluding hydrogens is 553 g/mol. The molecule has 1 aliphatic rings. The second-order valence-corrected chi connectivity index (χ2v) is 11.4. The highest BCUT2D eigenvalue weighted by atomic mass is 32.1. The van der Waals surface area contributed by atoms with Crippen LogP contribution in [0, 0.1) is 0 Å². The molecule has 1 N–H and O–H groups in total. The van der Waals surface area contributed by atoms with E-state index in [1.54, 1.807) is 12.1 Å². The molecule has 1 fully saturated rings. The molecule has 0 radical (unpaired) electrons. The number of aromatic nitrogens is 3. The smallest absolute Gasteiger partial charge is 0.416 e. The van der Waals surface area contributed by atoms with Gasteiger partial charge in [0.2, 0.25) is 11.8 Å². The SMILES string of the molecule is CC(=O)Nc1nc2c(Oc3cc(-c4ccc(C(F)(F)F)cc4N(C)C4CCN(C(C)C)CC4)ncn3)cccc2s1. The number of carbonyl (C=O) groups excluding carboxylic acids is 1. The van der Waals surface area contributed by atoms with E-state index in [9.17, 15) is 18.0 Å². The van der Waals surface area contributed by atoms with Gasteiger partial charge >= 0.3 is 6.18 Å². The summed E-state index contributed by atoms with van der Waals surface area (Å²) in [5.74, 6) is 0.423. The van der Waals surface area contributed by atoms with Gasteiger partial charge in [-0.15, -0.1) is 0 Å². The summed E-state index contributed by atoms with van der Waals surface area (Å²) >= 11 is 1.32. The molecule has 0 bridgehead atoms. The van der Waals surface area contributed by atoms with Crippen molar-refractivity contribution >= 4 is 38.3 Å². The first-order chi connectivity index (χ1) is 19.5. The number of hydrogen-bond acceptors (Lipinski definition) is 8. The van der Waals surface area contributed by atoms with Crippen molar-refractivity contribution in [2.24, 2.45) is 0 Å². The molecule has 8 nitrogen and oxygen atoms in total. The fourth-order valence-corrected chi connectivity index (χ4v) is 6.00. The number of nitrogens with one attached hydrogen (secondary N) is 1. The van der Waals surface area contributed by atoms with Gasteiger partial charge in [0.15, 0.2) is 10.9 Å². The van der Waals surface area contributed by atoms with E-state index in [1.807, 2.05) is 24.1 Å². The van der Waals surface area contributed by atoms with E-state index in [0.29, 0.717) is 39.4 Å². The van der Waals surface area contributed by atoms with Crippen LogP contribution in [-0.2, 0) is 11.0 Å². The zero-order chi connectivity index (χ0) is 29.3. The van der Waals surface area contributed by atoms with Gasteiger partial charge in [-0.25, -0.2) is 15.0 Å². The van der Waals surface area contributed by atoms with Gasteiger partial charge in [-0.3, -0.25) is 4.79 Å². The van der Waals surface area contributed by atoms with Crippen LogP contribution in [0.3, 0.4) is 0 Å². The number of benzene rings is 2. The number of nitrogens with zero attached hydrogens (tertiary/aromatic N) is 5. The van der Waals surface area contributed by atoms with Gasteiger partial charge in [0.25, 0.3) is 0 Å². The number of carbonyl (C=O) groups is 1. The number of thiazole rings is 1. The lowest BCUT2D eigenvalue weighted by Crippen LogP contribution is -2.45. The Labute approximate surface area is 240 Å². The highest BCUT2D eigenvalue weighted by Crippen LogP contribution is 2.40. The van der Waals surface area contributed by atoms with Gasteiger partial charge in [0, 0.05) is 56.5 Å². The van der Waals surface area contributed by atoms with Crippen LogP contribution in [0.2, 0.25) is 0 Å². The standard InChI is InChI=1S/C29H31F3N6O2S/c1-17(2)38-12-10-20(11-13-38)37(4)23-14-19(29(30,31)32)8-9-21(23)22-15-26(34-16-33-22)40-24-6-5-7-25-27(24)36-28(41-25)35-18(3)39/h5-9,14-17,20H,10-13H2,1-4H3,(H,35,36,39). The van der Waals surface area contributed by atoms with E-state index in [4.69, 9.17) is 4.74 Å². The predicted octanol–water partition coefficient (Wildman–Crippen LogP) is 6.83.